The van der Waals surface area contributed by atoms with E-state index in [9.17, 15) is 16.8 Å². The van der Waals surface area contributed by atoms with Crippen LogP contribution in [0.25, 0.3) is 0 Å². The molecule has 0 bridgehead atoms. The standard InChI is InChI=1S/C16H14O4S2/c1-14(22(19,20)16-10-6-3-7-11-16)12-13-21(17,18)15-8-4-2-5-9-15/h2-13H,1H2. The SMILES string of the molecule is C=C(C=CS(=O)(=O)c1ccccc1)S(=O)(=O)c1ccccc1. The number of allylic oxidation sites excluding steroid dienone is 1. The molecular weight excluding hydrogens is 320 g/mol. The molecule has 0 spiro atoms. The Labute approximate surface area is 130 Å². The van der Waals surface area contributed by atoms with E-state index in [0.717, 1.165) is 11.5 Å². The lowest BCUT2D eigenvalue weighted by molar-refractivity contribution is 0.603. The van der Waals surface area contributed by atoms with Gasteiger partial charge in [-0.1, -0.05) is 43.0 Å². The van der Waals surface area contributed by atoms with Gasteiger partial charge in [-0.3, -0.25) is 0 Å². The highest BCUT2D eigenvalue weighted by Gasteiger charge is 2.17. The first kappa shape index (κ1) is 16.2. The van der Waals surface area contributed by atoms with Crippen molar-refractivity contribution in [2.75, 3.05) is 0 Å². The van der Waals surface area contributed by atoms with Crippen molar-refractivity contribution in [1.29, 1.82) is 0 Å². The molecule has 0 heterocycles. The van der Waals surface area contributed by atoms with E-state index < -0.39 is 19.7 Å². The zero-order valence-corrected chi connectivity index (χ0v) is 13.2. The molecule has 0 unspecified atom stereocenters. The Balaban J connectivity index is 2.29. The van der Waals surface area contributed by atoms with Crippen molar-refractivity contribution in [2.45, 2.75) is 9.79 Å². The van der Waals surface area contributed by atoms with E-state index in [0.29, 0.717) is 0 Å². The zero-order valence-electron chi connectivity index (χ0n) is 11.6. The molecule has 0 atom stereocenters. The largest absolute Gasteiger partial charge is 0.219 e. The molecule has 6 heteroatoms. The maximum Gasteiger partial charge on any atom is 0.206 e. The molecule has 0 aromatic heterocycles. The molecular formula is C16H14O4S2. The molecule has 2 aromatic carbocycles. The molecule has 0 saturated carbocycles. The summed E-state index contributed by atoms with van der Waals surface area (Å²) in [6, 6.07) is 15.5. The molecule has 0 saturated heterocycles. The van der Waals surface area contributed by atoms with Gasteiger partial charge in [-0.15, -0.1) is 0 Å². The molecule has 2 aromatic rings. The van der Waals surface area contributed by atoms with E-state index in [1.807, 2.05) is 0 Å². The van der Waals surface area contributed by atoms with Crippen LogP contribution in [0.2, 0.25) is 0 Å². The summed E-state index contributed by atoms with van der Waals surface area (Å²) in [5, 5.41) is 0.852. The van der Waals surface area contributed by atoms with Crippen LogP contribution in [-0.2, 0) is 19.7 Å². The second-order valence-corrected chi connectivity index (χ2v) is 8.28. The van der Waals surface area contributed by atoms with Gasteiger partial charge in [0.05, 0.1) is 14.7 Å². The van der Waals surface area contributed by atoms with Gasteiger partial charge >= 0.3 is 0 Å². The van der Waals surface area contributed by atoms with Crippen molar-refractivity contribution in [3.8, 4) is 0 Å². The van der Waals surface area contributed by atoms with E-state index in [4.69, 9.17) is 0 Å². The van der Waals surface area contributed by atoms with Crippen molar-refractivity contribution in [1.82, 2.24) is 0 Å². The summed E-state index contributed by atoms with van der Waals surface area (Å²) in [6.07, 6.45) is 1.00. The summed E-state index contributed by atoms with van der Waals surface area (Å²) in [4.78, 5) is -0.115. The summed E-state index contributed by atoms with van der Waals surface area (Å²) in [5.74, 6) is 0. The van der Waals surface area contributed by atoms with Crippen LogP contribution in [0.4, 0.5) is 0 Å². The molecule has 2 rings (SSSR count). The van der Waals surface area contributed by atoms with Gasteiger partial charge in [-0.25, -0.2) is 16.8 Å². The zero-order chi connectivity index (χ0) is 16.2. The summed E-state index contributed by atoms with van der Waals surface area (Å²) < 4.78 is 48.6. The Kier molecular flexibility index (Phi) is 4.63. The van der Waals surface area contributed by atoms with Crippen LogP contribution >= 0.6 is 0 Å². The lowest BCUT2D eigenvalue weighted by Crippen LogP contribution is -2.03. The summed E-state index contributed by atoms with van der Waals surface area (Å²) in [6.45, 7) is 3.46. The molecule has 0 amide bonds. The highest BCUT2D eigenvalue weighted by atomic mass is 32.2. The topological polar surface area (TPSA) is 68.3 Å². The highest BCUT2D eigenvalue weighted by molar-refractivity contribution is 7.96. The maximum atomic E-state index is 12.2. The third kappa shape index (κ3) is 3.52. The Morgan fingerprint density at radius 1 is 0.773 bits per heavy atom. The maximum absolute atomic E-state index is 12.2. The second kappa shape index (κ2) is 6.29. The van der Waals surface area contributed by atoms with Crippen LogP contribution in [0.1, 0.15) is 0 Å². The van der Waals surface area contributed by atoms with Crippen LogP contribution < -0.4 is 0 Å². The van der Waals surface area contributed by atoms with Crippen molar-refractivity contribution in [3.63, 3.8) is 0 Å². The Hall–Kier alpha value is -2.18. The molecule has 114 valence electrons. The number of hydrogen-bond donors (Lipinski definition) is 0. The molecule has 0 aliphatic heterocycles. The van der Waals surface area contributed by atoms with E-state index in [1.165, 1.54) is 24.3 Å². The van der Waals surface area contributed by atoms with Crippen molar-refractivity contribution >= 4 is 19.7 Å². The summed E-state index contributed by atoms with van der Waals surface area (Å²) in [7, 11) is -7.49. The van der Waals surface area contributed by atoms with E-state index in [2.05, 4.69) is 6.58 Å². The van der Waals surface area contributed by atoms with Gasteiger partial charge in [-0.2, -0.15) is 0 Å². The Morgan fingerprint density at radius 2 is 1.23 bits per heavy atom. The highest BCUT2D eigenvalue weighted by Crippen LogP contribution is 2.20. The fourth-order valence-corrected chi connectivity index (χ4v) is 3.88. The van der Waals surface area contributed by atoms with Gasteiger partial charge in [0.2, 0.25) is 9.84 Å². The quantitative estimate of drug-likeness (QED) is 0.788. The lowest BCUT2D eigenvalue weighted by atomic mass is 10.4. The summed E-state index contributed by atoms with van der Waals surface area (Å²) in [5.41, 5.74) is 0. The van der Waals surface area contributed by atoms with Crippen molar-refractivity contribution in [3.05, 3.63) is 83.6 Å². The van der Waals surface area contributed by atoms with Crippen LogP contribution in [0, 0.1) is 0 Å². The molecule has 0 N–H and O–H groups in total. The third-order valence-electron chi connectivity index (χ3n) is 2.90. The molecule has 0 aliphatic carbocycles. The minimum absolute atomic E-state index is 0.0711. The number of rotatable bonds is 5. The fourth-order valence-electron chi connectivity index (χ4n) is 1.69. The first-order valence-electron chi connectivity index (χ1n) is 6.31. The minimum atomic E-state index is -3.79. The molecule has 0 aliphatic rings. The van der Waals surface area contributed by atoms with Gasteiger partial charge < -0.3 is 0 Å². The summed E-state index contributed by atoms with van der Waals surface area (Å²) >= 11 is 0. The van der Waals surface area contributed by atoms with Crippen LogP contribution in [-0.4, -0.2) is 16.8 Å². The lowest BCUT2D eigenvalue weighted by Gasteiger charge is -2.04. The first-order valence-corrected chi connectivity index (χ1v) is 9.34. The van der Waals surface area contributed by atoms with Gasteiger partial charge in [-0.05, 0) is 30.3 Å². The monoisotopic (exact) mass is 334 g/mol. The first-order chi connectivity index (χ1) is 10.3. The van der Waals surface area contributed by atoms with Crippen LogP contribution in [0.15, 0.2) is 93.4 Å². The Morgan fingerprint density at radius 3 is 1.73 bits per heavy atom. The molecule has 4 nitrogen and oxygen atoms in total. The normalized spacial score (nSPS) is 12.4. The number of hydrogen-bond acceptors (Lipinski definition) is 4. The van der Waals surface area contributed by atoms with Crippen molar-refractivity contribution < 1.29 is 16.8 Å². The fraction of sp³-hybridized carbons (Fsp3) is 0. The number of sulfone groups is 2. The smallest absolute Gasteiger partial charge is 0.206 e. The van der Waals surface area contributed by atoms with Gasteiger partial charge in [0.25, 0.3) is 0 Å². The average Bonchev–Trinajstić information content (AvgIpc) is 2.54. The average molecular weight is 334 g/mol. The second-order valence-electron chi connectivity index (χ2n) is 4.44. The third-order valence-corrected chi connectivity index (χ3v) is 6.05. The van der Waals surface area contributed by atoms with Crippen LogP contribution in [0.5, 0.6) is 0 Å². The number of benzene rings is 2. The minimum Gasteiger partial charge on any atom is -0.219 e. The van der Waals surface area contributed by atoms with E-state index in [1.54, 1.807) is 36.4 Å². The van der Waals surface area contributed by atoms with Gasteiger partial charge in [0, 0.05) is 5.41 Å². The van der Waals surface area contributed by atoms with Crippen molar-refractivity contribution in [2.24, 2.45) is 0 Å². The molecule has 0 fully saturated rings. The van der Waals surface area contributed by atoms with Crippen LogP contribution in [0.3, 0.4) is 0 Å². The van der Waals surface area contributed by atoms with Gasteiger partial charge in [0.1, 0.15) is 0 Å². The van der Waals surface area contributed by atoms with E-state index in [-0.39, 0.29) is 14.7 Å². The molecule has 22 heavy (non-hydrogen) atoms. The predicted molar refractivity (Wildman–Crippen MR) is 85.5 cm³/mol. The molecule has 0 radical (unpaired) electrons. The van der Waals surface area contributed by atoms with Gasteiger partial charge in [0.15, 0.2) is 9.84 Å². The predicted octanol–water partition coefficient (Wildman–Crippen LogP) is 2.96. The van der Waals surface area contributed by atoms with E-state index >= 15 is 0 Å². The Bertz CT molecular complexity index is 895.